The minimum absolute atomic E-state index is 0.279. The lowest BCUT2D eigenvalue weighted by molar-refractivity contribution is 0.0717. The molecule has 5 nitrogen and oxygen atoms in total. The molecule has 7 heteroatoms. The number of benzene rings is 1. The average Bonchev–Trinajstić information content (AvgIpc) is 3.54. The van der Waals surface area contributed by atoms with Crippen LogP contribution in [0.2, 0.25) is 0 Å². The standard InChI is InChI=1S/C22H24F2N2O3/c23-17-8-7-14(10-18(17)24)16-9-15(11-25-22(16)29-12-13-5-6-13)21(28)26-19-3-1-2-4-20(19)27/h7-11,13,19-20,27H,1-6,12H2,(H,26,28)/t19-,20-/m0/s1. The van der Waals surface area contributed by atoms with Crippen molar-refractivity contribution in [3.63, 3.8) is 0 Å². The third-order valence-electron chi connectivity index (χ3n) is 5.54. The molecule has 1 amide bonds. The number of hydrogen-bond donors (Lipinski definition) is 2. The highest BCUT2D eigenvalue weighted by Gasteiger charge is 2.26. The fraction of sp³-hybridized carbons (Fsp3) is 0.455. The van der Waals surface area contributed by atoms with Gasteiger partial charge in [0, 0.05) is 11.8 Å². The number of carbonyl (C=O) groups is 1. The van der Waals surface area contributed by atoms with Gasteiger partial charge in [0.2, 0.25) is 5.88 Å². The summed E-state index contributed by atoms with van der Waals surface area (Å²) in [6, 6.07) is 4.83. The minimum atomic E-state index is -0.976. The Morgan fingerprint density at radius 2 is 1.93 bits per heavy atom. The molecule has 1 aromatic heterocycles. The van der Waals surface area contributed by atoms with Gasteiger partial charge in [0.15, 0.2) is 11.6 Å². The van der Waals surface area contributed by atoms with Crippen LogP contribution < -0.4 is 10.1 Å². The fourth-order valence-electron chi connectivity index (χ4n) is 3.57. The van der Waals surface area contributed by atoms with Gasteiger partial charge in [-0.05, 0) is 55.4 Å². The molecule has 2 fully saturated rings. The largest absolute Gasteiger partial charge is 0.477 e. The number of halogens is 2. The highest BCUT2D eigenvalue weighted by Crippen LogP contribution is 2.34. The molecule has 0 radical (unpaired) electrons. The highest BCUT2D eigenvalue weighted by molar-refractivity contribution is 5.95. The van der Waals surface area contributed by atoms with E-state index in [2.05, 4.69) is 10.3 Å². The van der Waals surface area contributed by atoms with Crippen LogP contribution in [-0.4, -0.2) is 34.8 Å². The van der Waals surface area contributed by atoms with Crippen molar-refractivity contribution in [1.82, 2.24) is 10.3 Å². The van der Waals surface area contributed by atoms with Gasteiger partial charge >= 0.3 is 0 Å². The average molecular weight is 402 g/mol. The van der Waals surface area contributed by atoms with Gasteiger partial charge in [0.05, 0.1) is 24.3 Å². The number of hydrogen-bond acceptors (Lipinski definition) is 4. The van der Waals surface area contributed by atoms with E-state index in [0.717, 1.165) is 44.2 Å². The van der Waals surface area contributed by atoms with Crippen LogP contribution in [0.1, 0.15) is 48.9 Å². The molecular weight excluding hydrogens is 378 g/mol. The van der Waals surface area contributed by atoms with Gasteiger partial charge in [-0.25, -0.2) is 13.8 Å². The zero-order valence-electron chi connectivity index (χ0n) is 16.0. The smallest absolute Gasteiger partial charge is 0.253 e. The van der Waals surface area contributed by atoms with Crippen LogP contribution in [0.3, 0.4) is 0 Å². The predicted octanol–water partition coefficient (Wildman–Crippen LogP) is 3.85. The van der Waals surface area contributed by atoms with E-state index in [1.165, 1.54) is 12.3 Å². The summed E-state index contributed by atoms with van der Waals surface area (Å²) in [5, 5.41) is 13.0. The molecule has 29 heavy (non-hydrogen) atoms. The molecule has 2 saturated carbocycles. The lowest BCUT2D eigenvalue weighted by Crippen LogP contribution is -2.45. The lowest BCUT2D eigenvalue weighted by atomic mass is 9.92. The zero-order valence-corrected chi connectivity index (χ0v) is 16.0. The molecule has 0 spiro atoms. The maximum absolute atomic E-state index is 13.8. The molecule has 1 aromatic carbocycles. The number of nitrogens with zero attached hydrogens (tertiary/aromatic N) is 1. The van der Waals surface area contributed by atoms with E-state index in [4.69, 9.17) is 4.74 Å². The van der Waals surface area contributed by atoms with E-state index in [9.17, 15) is 18.7 Å². The van der Waals surface area contributed by atoms with E-state index in [0.29, 0.717) is 30.1 Å². The van der Waals surface area contributed by atoms with Crippen LogP contribution in [0.5, 0.6) is 5.88 Å². The molecule has 154 valence electrons. The quantitative estimate of drug-likeness (QED) is 0.770. The number of aromatic nitrogens is 1. The van der Waals surface area contributed by atoms with Crippen LogP contribution >= 0.6 is 0 Å². The normalized spacial score (nSPS) is 21.6. The molecule has 4 rings (SSSR count). The van der Waals surface area contributed by atoms with Crippen LogP contribution in [0.15, 0.2) is 30.5 Å². The highest BCUT2D eigenvalue weighted by atomic mass is 19.2. The fourth-order valence-corrected chi connectivity index (χ4v) is 3.57. The summed E-state index contributed by atoms with van der Waals surface area (Å²) in [7, 11) is 0. The number of nitrogens with one attached hydrogen (secondary N) is 1. The second kappa shape index (κ2) is 8.45. The molecule has 2 N–H and O–H groups in total. The summed E-state index contributed by atoms with van der Waals surface area (Å²) >= 11 is 0. The second-order valence-corrected chi connectivity index (χ2v) is 7.89. The summed E-state index contributed by atoms with van der Waals surface area (Å²) < 4.78 is 32.9. The van der Waals surface area contributed by atoms with Gasteiger partial charge in [-0.1, -0.05) is 18.9 Å². The molecule has 0 saturated heterocycles. The Labute approximate surface area is 168 Å². The monoisotopic (exact) mass is 402 g/mol. The first kappa shape index (κ1) is 19.8. The summed E-state index contributed by atoms with van der Waals surface area (Å²) in [6.07, 6.45) is 6.34. The summed E-state index contributed by atoms with van der Waals surface area (Å²) in [5.74, 6) is -1.50. The molecule has 2 atom stereocenters. The van der Waals surface area contributed by atoms with Crippen molar-refractivity contribution in [2.75, 3.05) is 6.61 Å². The maximum atomic E-state index is 13.8. The van der Waals surface area contributed by atoms with Crippen LogP contribution in [0, 0.1) is 17.6 Å². The third-order valence-corrected chi connectivity index (χ3v) is 5.54. The van der Waals surface area contributed by atoms with Crippen molar-refractivity contribution in [1.29, 1.82) is 0 Å². The predicted molar refractivity (Wildman–Crippen MR) is 104 cm³/mol. The van der Waals surface area contributed by atoms with Crippen molar-refractivity contribution < 1.29 is 23.4 Å². The Hall–Kier alpha value is -2.54. The van der Waals surface area contributed by atoms with Gasteiger partial charge in [-0.2, -0.15) is 0 Å². The summed E-state index contributed by atoms with van der Waals surface area (Å²) in [5.41, 5.74) is 1.09. The Kier molecular flexibility index (Phi) is 5.76. The Bertz CT molecular complexity index is 902. The zero-order chi connectivity index (χ0) is 20.4. The van der Waals surface area contributed by atoms with Crippen LogP contribution in [0.25, 0.3) is 11.1 Å². The molecule has 2 aromatic rings. The third kappa shape index (κ3) is 4.72. The van der Waals surface area contributed by atoms with Gasteiger partial charge < -0.3 is 15.2 Å². The number of pyridine rings is 1. The first-order valence-electron chi connectivity index (χ1n) is 10.1. The molecule has 2 aliphatic rings. The first-order valence-corrected chi connectivity index (χ1v) is 10.1. The Morgan fingerprint density at radius 1 is 1.14 bits per heavy atom. The van der Waals surface area contributed by atoms with Crippen molar-refractivity contribution in [2.24, 2.45) is 5.92 Å². The molecule has 1 heterocycles. The summed E-state index contributed by atoms with van der Waals surface area (Å²) in [6.45, 7) is 0.503. The SMILES string of the molecule is O=C(N[C@H]1CCCC[C@@H]1O)c1cnc(OCC2CC2)c(-c2ccc(F)c(F)c2)c1. The summed E-state index contributed by atoms with van der Waals surface area (Å²) in [4.78, 5) is 17.0. The number of carbonyl (C=O) groups excluding carboxylic acids is 1. The van der Waals surface area contributed by atoms with Crippen LogP contribution in [-0.2, 0) is 0 Å². The molecule has 0 bridgehead atoms. The topological polar surface area (TPSA) is 71.5 Å². The van der Waals surface area contributed by atoms with Crippen molar-refractivity contribution in [3.8, 4) is 17.0 Å². The molecule has 0 unspecified atom stereocenters. The molecule has 2 aliphatic carbocycles. The molecular formula is C22H24F2N2O3. The number of ether oxygens (including phenoxy) is 1. The first-order chi connectivity index (χ1) is 14.0. The van der Waals surface area contributed by atoms with E-state index < -0.39 is 17.7 Å². The minimum Gasteiger partial charge on any atom is -0.477 e. The molecule has 0 aliphatic heterocycles. The van der Waals surface area contributed by atoms with E-state index in [1.807, 2.05) is 0 Å². The van der Waals surface area contributed by atoms with E-state index in [-0.39, 0.29) is 23.4 Å². The van der Waals surface area contributed by atoms with Gasteiger partial charge in [-0.3, -0.25) is 4.79 Å². The number of rotatable bonds is 6. The Morgan fingerprint density at radius 3 is 2.66 bits per heavy atom. The van der Waals surface area contributed by atoms with E-state index >= 15 is 0 Å². The van der Waals surface area contributed by atoms with Gasteiger partial charge in [-0.15, -0.1) is 0 Å². The maximum Gasteiger partial charge on any atom is 0.253 e. The van der Waals surface area contributed by atoms with E-state index in [1.54, 1.807) is 6.07 Å². The van der Waals surface area contributed by atoms with Crippen LogP contribution in [0.4, 0.5) is 8.78 Å². The second-order valence-electron chi connectivity index (χ2n) is 7.89. The van der Waals surface area contributed by atoms with Crippen molar-refractivity contribution >= 4 is 5.91 Å². The number of aliphatic hydroxyl groups excluding tert-OH is 1. The van der Waals surface area contributed by atoms with Gasteiger partial charge in [0.1, 0.15) is 0 Å². The van der Waals surface area contributed by atoms with Crippen molar-refractivity contribution in [3.05, 3.63) is 47.7 Å². The van der Waals surface area contributed by atoms with Crippen molar-refractivity contribution in [2.45, 2.75) is 50.7 Å². The lowest BCUT2D eigenvalue weighted by Gasteiger charge is -2.28. The van der Waals surface area contributed by atoms with Gasteiger partial charge in [0.25, 0.3) is 5.91 Å². The number of amides is 1. The Balaban J connectivity index is 1.60. The number of aliphatic hydroxyl groups is 1.